The summed E-state index contributed by atoms with van der Waals surface area (Å²) in [7, 11) is 0. The molecule has 138 valence electrons. The van der Waals surface area contributed by atoms with Gasteiger partial charge in [-0.2, -0.15) is 4.98 Å². The molecular weight excluding hydrogens is 336 g/mol. The minimum Gasteiger partial charge on any atom is -0.370 e. The van der Waals surface area contributed by atoms with E-state index in [4.69, 9.17) is 0 Å². The molecule has 1 aliphatic heterocycles. The van der Waals surface area contributed by atoms with E-state index in [-0.39, 0.29) is 0 Å². The van der Waals surface area contributed by atoms with Crippen molar-refractivity contribution in [1.82, 2.24) is 15.0 Å². The fourth-order valence-electron chi connectivity index (χ4n) is 3.43. The minimum absolute atomic E-state index is 0.618. The van der Waals surface area contributed by atoms with Crippen LogP contribution in [0.2, 0.25) is 0 Å². The van der Waals surface area contributed by atoms with E-state index >= 15 is 0 Å². The molecule has 1 aliphatic rings. The Morgan fingerprint density at radius 2 is 1.85 bits per heavy atom. The second-order valence-corrected chi connectivity index (χ2v) is 6.58. The molecule has 1 aromatic carbocycles. The van der Waals surface area contributed by atoms with Gasteiger partial charge in [0.15, 0.2) is 0 Å². The van der Waals surface area contributed by atoms with Gasteiger partial charge in [0.2, 0.25) is 5.95 Å². The molecule has 2 aromatic heterocycles. The number of pyridine rings is 1. The quantitative estimate of drug-likeness (QED) is 0.702. The van der Waals surface area contributed by atoms with Crippen LogP contribution in [0.3, 0.4) is 0 Å². The molecule has 6 nitrogen and oxygen atoms in total. The van der Waals surface area contributed by atoms with Crippen LogP contribution in [0.4, 0.5) is 17.6 Å². The normalized spacial score (nSPS) is 13.1. The lowest BCUT2D eigenvalue weighted by Crippen LogP contribution is -2.32. The first kappa shape index (κ1) is 17.3. The molecule has 0 saturated carbocycles. The lowest BCUT2D eigenvalue weighted by molar-refractivity contribution is 0.716. The highest BCUT2D eigenvalue weighted by Gasteiger charge is 2.19. The Labute approximate surface area is 159 Å². The molecule has 0 unspecified atom stereocenters. The van der Waals surface area contributed by atoms with Gasteiger partial charge in [-0.15, -0.1) is 0 Å². The van der Waals surface area contributed by atoms with E-state index in [9.17, 15) is 0 Å². The van der Waals surface area contributed by atoms with Crippen molar-refractivity contribution in [2.75, 3.05) is 28.6 Å². The zero-order chi connectivity index (χ0) is 18.5. The number of aromatic nitrogens is 3. The summed E-state index contributed by atoms with van der Waals surface area (Å²) >= 11 is 0. The average Bonchev–Trinajstić information content (AvgIpc) is 2.73. The topological polar surface area (TPSA) is 66.0 Å². The van der Waals surface area contributed by atoms with Crippen LogP contribution in [-0.4, -0.2) is 28.0 Å². The fraction of sp³-hybridized carbons (Fsp3) is 0.286. The standard InChI is InChI=1S/C21H24N6/c1-2-22-19-9-12-24-21(26-19)25-14-17-8-5-11-23-20(17)27-13-10-16-6-3-4-7-18(16)15-27/h3-9,11-12H,2,10,13-15H2,1H3,(H2,22,24,25,26). The molecule has 3 aromatic rings. The number of nitrogens with one attached hydrogen (secondary N) is 2. The highest BCUT2D eigenvalue weighted by Crippen LogP contribution is 2.25. The van der Waals surface area contributed by atoms with Gasteiger partial charge in [0.25, 0.3) is 0 Å². The third-order valence-corrected chi connectivity index (χ3v) is 4.75. The van der Waals surface area contributed by atoms with Gasteiger partial charge in [0.05, 0.1) is 0 Å². The van der Waals surface area contributed by atoms with E-state index in [1.165, 1.54) is 11.1 Å². The first-order valence-electron chi connectivity index (χ1n) is 9.40. The molecular formula is C21H24N6. The number of rotatable bonds is 6. The van der Waals surface area contributed by atoms with Crippen LogP contribution in [-0.2, 0) is 19.5 Å². The van der Waals surface area contributed by atoms with Gasteiger partial charge in [0.1, 0.15) is 11.6 Å². The zero-order valence-electron chi connectivity index (χ0n) is 15.5. The molecule has 6 heteroatoms. The van der Waals surface area contributed by atoms with Gasteiger partial charge in [0, 0.05) is 44.1 Å². The predicted octanol–water partition coefficient (Wildman–Crippen LogP) is 3.48. The predicted molar refractivity (Wildman–Crippen MR) is 109 cm³/mol. The molecule has 4 rings (SSSR count). The average molecular weight is 360 g/mol. The summed E-state index contributed by atoms with van der Waals surface area (Å²) < 4.78 is 0. The molecule has 0 bridgehead atoms. The molecule has 0 spiro atoms. The molecule has 0 radical (unpaired) electrons. The maximum Gasteiger partial charge on any atom is 0.224 e. The number of benzene rings is 1. The Hall–Kier alpha value is -3.15. The summed E-state index contributed by atoms with van der Waals surface area (Å²) in [5, 5.41) is 6.54. The van der Waals surface area contributed by atoms with Crippen molar-refractivity contribution in [1.29, 1.82) is 0 Å². The van der Waals surface area contributed by atoms with Gasteiger partial charge in [-0.05, 0) is 36.6 Å². The number of hydrogen-bond acceptors (Lipinski definition) is 6. The molecule has 2 N–H and O–H groups in total. The van der Waals surface area contributed by atoms with Crippen LogP contribution < -0.4 is 15.5 Å². The van der Waals surface area contributed by atoms with Crippen molar-refractivity contribution >= 4 is 17.6 Å². The first-order chi connectivity index (χ1) is 13.3. The number of nitrogens with zero attached hydrogens (tertiary/aromatic N) is 4. The summed E-state index contributed by atoms with van der Waals surface area (Å²) in [6.07, 6.45) is 4.67. The van der Waals surface area contributed by atoms with E-state index in [0.717, 1.165) is 43.3 Å². The molecule has 0 atom stereocenters. The van der Waals surface area contributed by atoms with Crippen molar-refractivity contribution in [3.8, 4) is 0 Å². The van der Waals surface area contributed by atoms with Crippen molar-refractivity contribution in [2.45, 2.75) is 26.4 Å². The van der Waals surface area contributed by atoms with E-state index < -0.39 is 0 Å². The largest absolute Gasteiger partial charge is 0.370 e. The fourth-order valence-corrected chi connectivity index (χ4v) is 3.43. The molecule has 27 heavy (non-hydrogen) atoms. The van der Waals surface area contributed by atoms with Crippen molar-refractivity contribution < 1.29 is 0 Å². The van der Waals surface area contributed by atoms with E-state index in [0.29, 0.717) is 12.5 Å². The van der Waals surface area contributed by atoms with Gasteiger partial charge >= 0.3 is 0 Å². The zero-order valence-corrected chi connectivity index (χ0v) is 15.5. The second kappa shape index (κ2) is 8.03. The lowest BCUT2D eigenvalue weighted by atomic mass is 9.99. The summed E-state index contributed by atoms with van der Waals surface area (Å²) in [5.74, 6) is 2.48. The Balaban J connectivity index is 1.50. The highest BCUT2D eigenvalue weighted by molar-refractivity contribution is 5.51. The SMILES string of the molecule is CCNc1ccnc(NCc2cccnc2N2CCc3ccccc3C2)n1. The van der Waals surface area contributed by atoms with Gasteiger partial charge in [-0.25, -0.2) is 9.97 Å². The third kappa shape index (κ3) is 4.00. The molecule has 0 aliphatic carbocycles. The van der Waals surface area contributed by atoms with Crippen LogP contribution in [0, 0.1) is 0 Å². The van der Waals surface area contributed by atoms with Gasteiger partial charge in [-0.1, -0.05) is 30.3 Å². The Bertz CT molecular complexity index is 910. The molecule has 0 amide bonds. The van der Waals surface area contributed by atoms with Gasteiger partial charge in [-0.3, -0.25) is 0 Å². The highest BCUT2D eigenvalue weighted by atomic mass is 15.2. The van der Waals surface area contributed by atoms with Crippen LogP contribution in [0.1, 0.15) is 23.6 Å². The summed E-state index contributed by atoms with van der Waals surface area (Å²) in [4.78, 5) is 15.8. The Morgan fingerprint density at radius 1 is 0.963 bits per heavy atom. The minimum atomic E-state index is 0.618. The van der Waals surface area contributed by atoms with Crippen LogP contribution in [0.5, 0.6) is 0 Å². The Morgan fingerprint density at radius 3 is 2.74 bits per heavy atom. The monoisotopic (exact) mass is 360 g/mol. The van der Waals surface area contributed by atoms with Crippen LogP contribution in [0.15, 0.2) is 54.9 Å². The second-order valence-electron chi connectivity index (χ2n) is 6.58. The molecule has 0 fully saturated rings. The third-order valence-electron chi connectivity index (χ3n) is 4.75. The molecule has 0 saturated heterocycles. The summed E-state index contributed by atoms with van der Waals surface area (Å²) in [6, 6.07) is 14.6. The smallest absolute Gasteiger partial charge is 0.224 e. The number of anilines is 3. The van der Waals surface area contributed by atoms with Crippen LogP contribution >= 0.6 is 0 Å². The van der Waals surface area contributed by atoms with E-state index in [2.05, 4.69) is 60.8 Å². The van der Waals surface area contributed by atoms with Crippen molar-refractivity contribution in [3.05, 3.63) is 71.5 Å². The number of hydrogen-bond donors (Lipinski definition) is 2. The van der Waals surface area contributed by atoms with E-state index in [1.807, 2.05) is 25.3 Å². The Kier molecular flexibility index (Phi) is 5.14. The maximum atomic E-state index is 4.67. The number of fused-ring (bicyclic) bond motifs is 1. The summed E-state index contributed by atoms with van der Waals surface area (Å²) in [6.45, 7) is 5.39. The summed E-state index contributed by atoms with van der Waals surface area (Å²) in [5.41, 5.74) is 3.97. The van der Waals surface area contributed by atoms with Crippen LogP contribution in [0.25, 0.3) is 0 Å². The maximum absolute atomic E-state index is 4.67. The van der Waals surface area contributed by atoms with Gasteiger partial charge < -0.3 is 15.5 Å². The van der Waals surface area contributed by atoms with Crippen molar-refractivity contribution in [3.63, 3.8) is 0 Å². The van der Waals surface area contributed by atoms with E-state index in [1.54, 1.807) is 6.20 Å². The first-order valence-corrected chi connectivity index (χ1v) is 9.40. The molecule has 3 heterocycles. The van der Waals surface area contributed by atoms with Crippen molar-refractivity contribution in [2.24, 2.45) is 0 Å². The lowest BCUT2D eigenvalue weighted by Gasteiger charge is -2.31.